The van der Waals surface area contributed by atoms with Crippen molar-refractivity contribution < 1.29 is 0 Å². The van der Waals surface area contributed by atoms with Crippen LogP contribution in [0.3, 0.4) is 0 Å². The van der Waals surface area contributed by atoms with E-state index in [1.807, 2.05) is 0 Å². The van der Waals surface area contributed by atoms with E-state index in [2.05, 4.69) is 32.2 Å². The van der Waals surface area contributed by atoms with Gasteiger partial charge < -0.3 is 0 Å². The molecule has 0 aromatic carbocycles. The predicted molar refractivity (Wildman–Crippen MR) is 46.7 cm³/mol. The van der Waals surface area contributed by atoms with E-state index in [9.17, 15) is 0 Å². The van der Waals surface area contributed by atoms with Crippen LogP contribution in [-0.2, 0) is 0 Å². The SMILES string of the molecule is CCCC[CH]N(CC)CC. The molecular formula is C9H20N. The van der Waals surface area contributed by atoms with Crippen LogP contribution >= 0.6 is 0 Å². The highest BCUT2D eigenvalue weighted by Gasteiger charge is 1.96. The zero-order chi connectivity index (χ0) is 7.82. The molecule has 0 amide bonds. The van der Waals surface area contributed by atoms with Gasteiger partial charge in [0.2, 0.25) is 0 Å². The Morgan fingerprint density at radius 3 is 2.10 bits per heavy atom. The summed E-state index contributed by atoms with van der Waals surface area (Å²) in [6.07, 6.45) is 3.88. The number of hydrogen-bond donors (Lipinski definition) is 0. The highest BCUT2D eigenvalue weighted by atomic mass is 15.1. The van der Waals surface area contributed by atoms with Crippen LogP contribution in [0.15, 0.2) is 0 Å². The minimum atomic E-state index is 1.15. The fraction of sp³-hybridized carbons (Fsp3) is 0.889. The third-order valence-corrected chi connectivity index (χ3v) is 1.76. The van der Waals surface area contributed by atoms with Gasteiger partial charge in [-0.05, 0) is 19.5 Å². The molecule has 0 saturated heterocycles. The molecule has 0 aliphatic heterocycles. The van der Waals surface area contributed by atoms with E-state index in [1.165, 1.54) is 19.3 Å². The Morgan fingerprint density at radius 1 is 1.10 bits per heavy atom. The number of hydrogen-bond acceptors (Lipinski definition) is 1. The Morgan fingerprint density at radius 2 is 1.70 bits per heavy atom. The van der Waals surface area contributed by atoms with Crippen molar-refractivity contribution >= 4 is 0 Å². The van der Waals surface area contributed by atoms with Gasteiger partial charge in [0, 0.05) is 6.54 Å². The van der Waals surface area contributed by atoms with Crippen LogP contribution in [0.4, 0.5) is 0 Å². The van der Waals surface area contributed by atoms with Crippen LogP contribution in [0.1, 0.15) is 40.0 Å². The van der Waals surface area contributed by atoms with E-state index in [4.69, 9.17) is 0 Å². The molecule has 0 saturated carbocycles. The first kappa shape index (κ1) is 9.96. The first-order valence-corrected chi connectivity index (χ1v) is 4.42. The number of unbranched alkanes of at least 4 members (excludes halogenated alkanes) is 2. The third kappa shape index (κ3) is 4.80. The normalized spacial score (nSPS) is 10.8. The molecule has 0 aromatic heterocycles. The second-order valence-electron chi connectivity index (χ2n) is 2.55. The quantitative estimate of drug-likeness (QED) is 0.515. The summed E-state index contributed by atoms with van der Waals surface area (Å²) in [6, 6.07) is 0. The molecule has 0 aliphatic rings. The Labute approximate surface area is 65.4 Å². The lowest BCUT2D eigenvalue weighted by Gasteiger charge is -2.16. The molecule has 0 aromatic rings. The highest BCUT2D eigenvalue weighted by Crippen LogP contribution is 2.01. The van der Waals surface area contributed by atoms with Crippen molar-refractivity contribution in [3.63, 3.8) is 0 Å². The van der Waals surface area contributed by atoms with E-state index in [-0.39, 0.29) is 0 Å². The van der Waals surface area contributed by atoms with Crippen molar-refractivity contribution in [2.45, 2.75) is 40.0 Å². The van der Waals surface area contributed by atoms with Crippen molar-refractivity contribution in [3.8, 4) is 0 Å². The fourth-order valence-electron chi connectivity index (χ4n) is 0.960. The van der Waals surface area contributed by atoms with Crippen LogP contribution in [0.5, 0.6) is 0 Å². The molecule has 0 heterocycles. The summed E-state index contributed by atoms with van der Waals surface area (Å²) >= 11 is 0. The van der Waals surface area contributed by atoms with Gasteiger partial charge in [-0.2, -0.15) is 0 Å². The summed E-state index contributed by atoms with van der Waals surface area (Å²) in [4.78, 5) is 2.36. The predicted octanol–water partition coefficient (Wildman–Crippen LogP) is 2.68. The summed E-state index contributed by atoms with van der Waals surface area (Å²) in [5, 5.41) is 0. The van der Waals surface area contributed by atoms with Gasteiger partial charge in [0.05, 0.1) is 0 Å². The minimum absolute atomic E-state index is 1.15. The number of nitrogens with zero attached hydrogens (tertiary/aromatic N) is 1. The largest absolute Gasteiger partial charge is 0.299 e. The molecule has 0 bridgehead atoms. The fourth-order valence-corrected chi connectivity index (χ4v) is 0.960. The zero-order valence-electron chi connectivity index (χ0n) is 7.56. The Hall–Kier alpha value is -0.0400. The lowest BCUT2D eigenvalue weighted by atomic mass is 10.2. The molecule has 1 nitrogen and oxygen atoms in total. The summed E-state index contributed by atoms with van der Waals surface area (Å²) in [6.45, 7) is 11.3. The van der Waals surface area contributed by atoms with Crippen molar-refractivity contribution in [2.24, 2.45) is 0 Å². The first-order valence-electron chi connectivity index (χ1n) is 4.42. The maximum Gasteiger partial charge on any atom is 0.0251 e. The zero-order valence-corrected chi connectivity index (χ0v) is 7.56. The average molecular weight is 142 g/mol. The van der Waals surface area contributed by atoms with E-state index >= 15 is 0 Å². The average Bonchev–Trinajstić information content (AvgIpc) is 1.99. The molecule has 0 aliphatic carbocycles. The van der Waals surface area contributed by atoms with Gasteiger partial charge in [-0.3, -0.25) is 4.90 Å². The molecule has 1 heteroatoms. The van der Waals surface area contributed by atoms with Crippen molar-refractivity contribution in [3.05, 3.63) is 6.54 Å². The van der Waals surface area contributed by atoms with Gasteiger partial charge in [0.25, 0.3) is 0 Å². The van der Waals surface area contributed by atoms with Crippen LogP contribution in [-0.4, -0.2) is 18.0 Å². The standard InChI is InChI=1S/C9H20N/c1-4-7-8-9-10(5-2)6-3/h9H,4-8H2,1-3H3. The Kier molecular flexibility index (Phi) is 7.04. The molecule has 0 N–H and O–H groups in total. The Balaban J connectivity index is 3.09. The molecule has 61 valence electrons. The summed E-state index contributed by atoms with van der Waals surface area (Å²) in [7, 11) is 0. The molecule has 0 rings (SSSR count). The second-order valence-corrected chi connectivity index (χ2v) is 2.55. The van der Waals surface area contributed by atoms with Crippen LogP contribution in [0, 0.1) is 6.54 Å². The molecule has 0 spiro atoms. The van der Waals surface area contributed by atoms with E-state index in [0.717, 1.165) is 13.1 Å². The van der Waals surface area contributed by atoms with Crippen LogP contribution in [0.25, 0.3) is 0 Å². The van der Waals surface area contributed by atoms with E-state index < -0.39 is 0 Å². The third-order valence-electron chi connectivity index (χ3n) is 1.76. The maximum absolute atomic E-state index is 2.36. The van der Waals surface area contributed by atoms with Crippen LogP contribution < -0.4 is 0 Å². The highest BCUT2D eigenvalue weighted by molar-refractivity contribution is 4.64. The molecule has 0 fully saturated rings. The first-order chi connectivity index (χ1) is 4.85. The van der Waals surface area contributed by atoms with Gasteiger partial charge in [0.1, 0.15) is 0 Å². The second kappa shape index (κ2) is 7.07. The lowest BCUT2D eigenvalue weighted by molar-refractivity contribution is 0.356. The summed E-state index contributed by atoms with van der Waals surface area (Å²) in [5.74, 6) is 0. The van der Waals surface area contributed by atoms with Crippen molar-refractivity contribution in [2.75, 3.05) is 13.1 Å². The minimum Gasteiger partial charge on any atom is -0.299 e. The van der Waals surface area contributed by atoms with Gasteiger partial charge in [-0.1, -0.05) is 33.6 Å². The number of rotatable bonds is 6. The molecule has 1 radical (unpaired) electrons. The van der Waals surface area contributed by atoms with Gasteiger partial charge in [-0.15, -0.1) is 0 Å². The van der Waals surface area contributed by atoms with Gasteiger partial charge in [0.15, 0.2) is 0 Å². The van der Waals surface area contributed by atoms with Gasteiger partial charge in [-0.25, -0.2) is 0 Å². The van der Waals surface area contributed by atoms with Gasteiger partial charge >= 0.3 is 0 Å². The van der Waals surface area contributed by atoms with E-state index in [1.54, 1.807) is 0 Å². The smallest absolute Gasteiger partial charge is 0.0251 e. The van der Waals surface area contributed by atoms with Crippen LogP contribution in [0.2, 0.25) is 0 Å². The molecule has 10 heavy (non-hydrogen) atoms. The maximum atomic E-state index is 2.36. The van der Waals surface area contributed by atoms with Crippen molar-refractivity contribution in [1.82, 2.24) is 4.90 Å². The molecule has 0 atom stereocenters. The van der Waals surface area contributed by atoms with E-state index in [0.29, 0.717) is 0 Å². The Bertz CT molecular complexity index is 57.7. The summed E-state index contributed by atoms with van der Waals surface area (Å²) in [5.41, 5.74) is 0. The molecule has 0 unspecified atom stereocenters. The van der Waals surface area contributed by atoms with Crippen molar-refractivity contribution in [1.29, 1.82) is 0 Å². The molecular weight excluding hydrogens is 122 g/mol. The monoisotopic (exact) mass is 142 g/mol. The topological polar surface area (TPSA) is 3.24 Å². The summed E-state index contributed by atoms with van der Waals surface area (Å²) < 4.78 is 0. The lowest BCUT2D eigenvalue weighted by Crippen LogP contribution is -2.19.